The number of rotatable bonds is 6. The number of benzene rings is 2. The predicted molar refractivity (Wildman–Crippen MR) is 140 cm³/mol. The Morgan fingerprint density at radius 3 is 1.23 bits per heavy atom. The van der Waals surface area contributed by atoms with Gasteiger partial charge in [-0.15, -0.1) is 0 Å². The van der Waals surface area contributed by atoms with E-state index in [2.05, 4.69) is 107 Å². The Balaban J connectivity index is 1.79. The summed E-state index contributed by atoms with van der Waals surface area (Å²) < 4.78 is 0. The molecule has 2 atom stereocenters. The Morgan fingerprint density at radius 1 is 0.633 bits per heavy atom. The van der Waals surface area contributed by atoms with Crippen molar-refractivity contribution in [1.29, 1.82) is 0 Å². The highest BCUT2D eigenvalue weighted by Gasteiger charge is 2.49. The normalized spacial score (nSPS) is 22.2. The molecule has 0 saturated heterocycles. The fourth-order valence-corrected chi connectivity index (χ4v) is 13.6. The maximum Gasteiger partial charge on any atom is 0.150 e. The summed E-state index contributed by atoms with van der Waals surface area (Å²) in [5.74, 6) is 0.766. The standard InChI is InChI=1S/C26H42N2Si2/c1-18-12-10-13-19(2)25(18)27-29(6,7)23-16-17-24(22(23)5)30(8,9)28-26-20(3)14-11-15-21(26)4/h10-15,22-24,27-28H,16-17H2,1-9H3. The van der Waals surface area contributed by atoms with E-state index in [0.29, 0.717) is 0 Å². The Kier molecular flexibility index (Phi) is 6.59. The molecule has 0 bridgehead atoms. The van der Waals surface area contributed by atoms with E-state index in [-0.39, 0.29) is 0 Å². The first-order valence-corrected chi connectivity index (χ1v) is 17.8. The second-order valence-electron chi connectivity index (χ2n) is 10.9. The van der Waals surface area contributed by atoms with Crippen molar-refractivity contribution in [3.05, 3.63) is 58.7 Å². The number of aryl methyl sites for hydroxylation is 4. The summed E-state index contributed by atoms with van der Waals surface area (Å²) in [6.45, 7) is 21.7. The molecule has 1 aliphatic rings. The van der Waals surface area contributed by atoms with Gasteiger partial charge in [-0.05, 0) is 66.9 Å². The molecule has 2 aromatic carbocycles. The lowest BCUT2D eigenvalue weighted by atomic mass is 10.1. The molecule has 1 aliphatic carbocycles. The van der Waals surface area contributed by atoms with E-state index in [9.17, 15) is 0 Å². The van der Waals surface area contributed by atoms with Crippen molar-refractivity contribution < 1.29 is 0 Å². The number of nitrogens with one attached hydrogen (secondary N) is 2. The molecular formula is C26H42N2Si2. The molecule has 3 rings (SSSR count). The summed E-state index contributed by atoms with van der Waals surface area (Å²) in [7, 11) is -3.25. The second kappa shape index (κ2) is 8.54. The molecule has 0 spiro atoms. The van der Waals surface area contributed by atoms with E-state index in [0.717, 1.165) is 17.0 Å². The van der Waals surface area contributed by atoms with E-state index >= 15 is 0 Å². The fraction of sp³-hybridized carbons (Fsp3) is 0.538. The molecule has 164 valence electrons. The van der Waals surface area contributed by atoms with Crippen LogP contribution in [0.2, 0.25) is 37.3 Å². The molecular weight excluding hydrogens is 396 g/mol. The van der Waals surface area contributed by atoms with E-state index in [4.69, 9.17) is 0 Å². The first-order chi connectivity index (χ1) is 13.9. The van der Waals surface area contributed by atoms with Crippen LogP contribution < -0.4 is 9.96 Å². The summed E-state index contributed by atoms with van der Waals surface area (Å²) in [6, 6.07) is 13.3. The summed E-state index contributed by atoms with van der Waals surface area (Å²) in [5.41, 5.74) is 9.91. The van der Waals surface area contributed by atoms with Gasteiger partial charge in [0.15, 0.2) is 16.5 Å². The van der Waals surface area contributed by atoms with Gasteiger partial charge in [0.05, 0.1) is 0 Å². The van der Waals surface area contributed by atoms with Gasteiger partial charge < -0.3 is 9.96 Å². The van der Waals surface area contributed by atoms with E-state index in [1.807, 2.05) is 0 Å². The molecule has 0 radical (unpaired) electrons. The van der Waals surface area contributed by atoms with E-state index in [1.165, 1.54) is 46.5 Å². The van der Waals surface area contributed by atoms with Crippen molar-refractivity contribution in [3.63, 3.8) is 0 Å². The van der Waals surface area contributed by atoms with Gasteiger partial charge >= 0.3 is 0 Å². The fourth-order valence-electron chi connectivity index (χ4n) is 6.05. The third-order valence-corrected chi connectivity index (χ3v) is 14.9. The number of hydrogen-bond acceptors (Lipinski definition) is 2. The van der Waals surface area contributed by atoms with Gasteiger partial charge in [-0.25, -0.2) is 0 Å². The monoisotopic (exact) mass is 438 g/mol. The average Bonchev–Trinajstić information content (AvgIpc) is 3.05. The van der Waals surface area contributed by atoms with Crippen molar-refractivity contribution >= 4 is 27.8 Å². The van der Waals surface area contributed by atoms with Crippen LogP contribution in [0.15, 0.2) is 36.4 Å². The summed E-state index contributed by atoms with van der Waals surface area (Å²) in [4.78, 5) is 8.20. The topological polar surface area (TPSA) is 24.1 Å². The summed E-state index contributed by atoms with van der Waals surface area (Å²) in [6.07, 6.45) is 2.74. The number of anilines is 2. The first-order valence-electron chi connectivity index (χ1n) is 11.6. The molecule has 2 nitrogen and oxygen atoms in total. The van der Waals surface area contributed by atoms with Gasteiger partial charge in [0.25, 0.3) is 0 Å². The third-order valence-electron chi connectivity index (χ3n) is 7.77. The SMILES string of the molecule is Cc1cccc(C)c1N[Si](C)(C)C1CCC([Si](C)(C)Nc2c(C)cccc2C)C1C. The summed E-state index contributed by atoms with van der Waals surface area (Å²) in [5, 5.41) is 0. The van der Waals surface area contributed by atoms with Gasteiger partial charge in [-0.2, -0.15) is 0 Å². The van der Waals surface area contributed by atoms with Gasteiger partial charge in [-0.1, -0.05) is 82.4 Å². The van der Waals surface area contributed by atoms with Crippen LogP contribution in [-0.2, 0) is 0 Å². The Bertz CT molecular complexity index is 790. The van der Waals surface area contributed by atoms with Crippen LogP contribution in [0.25, 0.3) is 0 Å². The molecule has 0 heterocycles. The van der Waals surface area contributed by atoms with Gasteiger partial charge in [0.1, 0.15) is 0 Å². The highest BCUT2D eigenvalue weighted by molar-refractivity contribution is 6.84. The van der Waals surface area contributed by atoms with Crippen LogP contribution in [0.3, 0.4) is 0 Å². The maximum absolute atomic E-state index is 4.10. The van der Waals surface area contributed by atoms with Crippen molar-refractivity contribution in [2.75, 3.05) is 9.96 Å². The third kappa shape index (κ3) is 4.55. The van der Waals surface area contributed by atoms with Crippen molar-refractivity contribution in [2.24, 2.45) is 5.92 Å². The Labute approximate surface area is 187 Å². The zero-order valence-electron chi connectivity index (χ0n) is 20.6. The van der Waals surface area contributed by atoms with Crippen LogP contribution in [0.5, 0.6) is 0 Å². The minimum absolute atomic E-state index is 0.766. The lowest BCUT2D eigenvalue weighted by Gasteiger charge is -2.40. The molecule has 1 fully saturated rings. The molecule has 30 heavy (non-hydrogen) atoms. The van der Waals surface area contributed by atoms with Crippen molar-refractivity contribution in [3.8, 4) is 0 Å². The molecule has 0 amide bonds. The lowest BCUT2D eigenvalue weighted by Crippen LogP contribution is -2.47. The molecule has 2 unspecified atom stereocenters. The predicted octanol–water partition coefficient (Wildman–Crippen LogP) is 8.02. The van der Waals surface area contributed by atoms with E-state index in [1.54, 1.807) is 0 Å². The van der Waals surface area contributed by atoms with Crippen molar-refractivity contribution in [2.45, 2.75) is 84.7 Å². The summed E-state index contributed by atoms with van der Waals surface area (Å²) >= 11 is 0. The van der Waals surface area contributed by atoms with Gasteiger partial charge in [0, 0.05) is 11.4 Å². The Hall–Kier alpha value is -1.53. The zero-order valence-corrected chi connectivity index (χ0v) is 22.6. The minimum atomic E-state index is -1.63. The lowest BCUT2D eigenvalue weighted by molar-refractivity contribution is 0.582. The molecule has 1 saturated carbocycles. The molecule has 2 aromatic rings. The Morgan fingerprint density at radius 2 is 0.933 bits per heavy atom. The highest BCUT2D eigenvalue weighted by Crippen LogP contribution is 2.53. The van der Waals surface area contributed by atoms with Crippen LogP contribution in [0.1, 0.15) is 42.0 Å². The van der Waals surface area contributed by atoms with Gasteiger partial charge in [0.2, 0.25) is 0 Å². The van der Waals surface area contributed by atoms with Crippen LogP contribution in [0.4, 0.5) is 11.4 Å². The first kappa shape index (κ1) is 23.1. The highest BCUT2D eigenvalue weighted by atomic mass is 28.3. The van der Waals surface area contributed by atoms with Crippen LogP contribution in [-0.4, -0.2) is 16.5 Å². The zero-order chi connectivity index (χ0) is 22.3. The van der Waals surface area contributed by atoms with Crippen LogP contribution >= 0.6 is 0 Å². The largest absolute Gasteiger partial charge is 0.410 e. The smallest absolute Gasteiger partial charge is 0.150 e. The van der Waals surface area contributed by atoms with Crippen molar-refractivity contribution in [1.82, 2.24) is 0 Å². The quantitative estimate of drug-likeness (QED) is 0.446. The van der Waals surface area contributed by atoms with E-state index < -0.39 is 16.5 Å². The average molecular weight is 439 g/mol. The second-order valence-corrected chi connectivity index (χ2v) is 19.7. The molecule has 4 heteroatoms. The molecule has 0 aromatic heterocycles. The number of para-hydroxylation sites is 2. The number of hydrogen-bond donors (Lipinski definition) is 2. The van der Waals surface area contributed by atoms with Crippen LogP contribution in [0, 0.1) is 33.6 Å². The molecule has 0 aliphatic heterocycles. The maximum atomic E-state index is 4.10. The minimum Gasteiger partial charge on any atom is -0.410 e. The van der Waals surface area contributed by atoms with Gasteiger partial charge in [-0.3, -0.25) is 0 Å². The molecule has 2 N–H and O–H groups in total.